The second-order valence-corrected chi connectivity index (χ2v) is 7.04. The second-order valence-electron chi connectivity index (χ2n) is 7.04. The maximum Gasteiger partial charge on any atom is 0.401 e. The predicted molar refractivity (Wildman–Crippen MR) is 104 cm³/mol. The van der Waals surface area contributed by atoms with E-state index in [2.05, 4.69) is 25.2 Å². The second kappa shape index (κ2) is 8.81. The van der Waals surface area contributed by atoms with Crippen LogP contribution < -0.4 is 10.6 Å². The van der Waals surface area contributed by atoms with Gasteiger partial charge in [-0.1, -0.05) is 12.1 Å². The Hall–Kier alpha value is -2.29. The van der Waals surface area contributed by atoms with Crippen molar-refractivity contribution in [1.29, 1.82) is 0 Å². The molecule has 0 bridgehead atoms. The average Bonchev–Trinajstić information content (AvgIpc) is 3.17. The van der Waals surface area contributed by atoms with Crippen molar-refractivity contribution in [3.05, 3.63) is 30.1 Å². The Morgan fingerprint density at radius 1 is 1.32 bits per heavy atom. The van der Waals surface area contributed by atoms with E-state index in [9.17, 15) is 13.2 Å². The highest BCUT2D eigenvalue weighted by Crippen LogP contribution is 2.20. The van der Waals surface area contributed by atoms with E-state index >= 15 is 0 Å². The maximum absolute atomic E-state index is 12.6. The van der Waals surface area contributed by atoms with Crippen molar-refractivity contribution in [3.63, 3.8) is 0 Å². The average molecular weight is 396 g/mol. The molecule has 0 radical (unpaired) electrons. The van der Waals surface area contributed by atoms with Gasteiger partial charge in [0.2, 0.25) is 0 Å². The van der Waals surface area contributed by atoms with Crippen molar-refractivity contribution in [2.24, 2.45) is 4.99 Å². The molecule has 2 N–H and O–H groups in total. The van der Waals surface area contributed by atoms with E-state index in [0.29, 0.717) is 45.1 Å². The van der Waals surface area contributed by atoms with E-state index in [4.69, 9.17) is 0 Å². The highest BCUT2D eigenvalue weighted by atomic mass is 19.4. The topological polar surface area (TPSA) is 57.5 Å². The summed E-state index contributed by atoms with van der Waals surface area (Å²) in [6.07, 6.45) is -3.48. The van der Waals surface area contributed by atoms with Gasteiger partial charge >= 0.3 is 6.18 Å². The quantitative estimate of drug-likeness (QED) is 0.582. The van der Waals surface area contributed by atoms with E-state index in [1.165, 1.54) is 4.90 Å². The third kappa shape index (κ3) is 5.37. The van der Waals surface area contributed by atoms with E-state index in [1.54, 1.807) is 0 Å². The smallest absolute Gasteiger partial charge is 0.357 e. The highest BCUT2D eigenvalue weighted by Gasteiger charge is 2.34. The molecule has 1 aliphatic rings. The van der Waals surface area contributed by atoms with Crippen molar-refractivity contribution >= 4 is 17.0 Å². The first-order valence-corrected chi connectivity index (χ1v) is 9.61. The number of fused-ring (bicyclic) bond motifs is 1. The van der Waals surface area contributed by atoms with Gasteiger partial charge in [-0.3, -0.25) is 9.89 Å². The third-order valence-corrected chi connectivity index (χ3v) is 4.80. The lowest BCUT2D eigenvalue weighted by molar-refractivity contribution is -0.143. The molecule has 1 aromatic heterocycles. The summed E-state index contributed by atoms with van der Waals surface area (Å²) in [6, 6.07) is 7.95. The van der Waals surface area contributed by atoms with Crippen LogP contribution in [0.4, 0.5) is 13.2 Å². The highest BCUT2D eigenvalue weighted by molar-refractivity contribution is 5.80. The molecule has 1 saturated heterocycles. The lowest BCUT2D eigenvalue weighted by atomic mass is 10.3. The van der Waals surface area contributed by atoms with Crippen molar-refractivity contribution in [3.8, 4) is 0 Å². The minimum Gasteiger partial charge on any atom is -0.357 e. The normalized spacial score (nSPS) is 18.8. The monoisotopic (exact) mass is 396 g/mol. The summed E-state index contributed by atoms with van der Waals surface area (Å²) in [5.41, 5.74) is 2.04. The number of aliphatic imine (C=N–C) groups is 1. The number of benzene rings is 1. The summed E-state index contributed by atoms with van der Waals surface area (Å²) in [5, 5.41) is 6.45. The largest absolute Gasteiger partial charge is 0.401 e. The fourth-order valence-electron chi connectivity index (χ4n) is 3.60. The molecule has 1 fully saturated rings. The summed E-state index contributed by atoms with van der Waals surface area (Å²) >= 11 is 0. The first kappa shape index (κ1) is 20.4. The van der Waals surface area contributed by atoms with Gasteiger partial charge in [-0.2, -0.15) is 13.2 Å². The van der Waals surface area contributed by atoms with E-state index in [-0.39, 0.29) is 6.04 Å². The molecule has 1 aliphatic heterocycles. The summed E-state index contributed by atoms with van der Waals surface area (Å²) < 4.78 is 39.8. The number of nitrogens with zero attached hydrogens (tertiary/aromatic N) is 4. The molecule has 6 nitrogen and oxygen atoms in total. The van der Waals surface area contributed by atoms with Gasteiger partial charge in [0, 0.05) is 32.2 Å². The number of guanidine groups is 1. The van der Waals surface area contributed by atoms with Crippen molar-refractivity contribution < 1.29 is 13.2 Å². The maximum atomic E-state index is 12.6. The summed E-state index contributed by atoms with van der Waals surface area (Å²) in [7, 11) is 0. The van der Waals surface area contributed by atoms with Crippen LogP contribution in [0.5, 0.6) is 0 Å². The van der Waals surface area contributed by atoms with Crippen molar-refractivity contribution in [2.75, 3.05) is 32.7 Å². The molecule has 2 heterocycles. The number of alkyl halides is 3. The Balaban J connectivity index is 1.58. The lowest BCUT2D eigenvalue weighted by Gasteiger charge is -2.19. The Morgan fingerprint density at radius 2 is 2.11 bits per heavy atom. The number of halogens is 3. The number of hydrogen-bond donors (Lipinski definition) is 2. The van der Waals surface area contributed by atoms with Gasteiger partial charge in [-0.15, -0.1) is 0 Å². The lowest BCUT2D eigenvalue weighted by Crippen LogP contribution is -2.45. The molecule has 1 atom stereocenters. The molecule has 2 aromatic rings. The van der Waals surface area contributed by atoms with Crippen LogP contribution in [-0.2, 0) is 6.54 Å². The minimum atomic E-state index is -4.15. The number of hydrogen-bond acceptors (Lipinski definition) is 3. The van der Waals surface area contributed by atoms with Gasteiger partial charge in [0.05, 0.1) is 24.1 Å². The number of nitrogens with one attached hydrogen (secondary N) is 2. The van der Waals surface area contributed by atoms with Gasteiger partial charge < -0.3 is 15.2 Å². The zero-order valence-electron chi connectivity index (χ0n) is 16.3. The number of rotatable bonds is 6. The van der Waals surface area contributed by atoms with Gasteiger partial charge in [-0.25, -0.2) is 4.98 Å². The Bertz CT molecular complexity index is 814. The molecule has 3 rings (SSSR count). The van der Waals surface area contributed by atoms with Crippen LogP contribution in [0.3, 0.4) is 0 Å². The molecule has 9 heteroatoms. The van der Waals surface area contributed by atoms with Crippen LogP contribution >= 0.6 is 0 Å². The van der Waals surface area contributed by atoms with Crippen LogP contribution in [0.15, 0.2) is 29.3 Å². The number of para-hydroxylation sites is 2. The number of imidazole rings is 1. The SMILES string of the molecule is CCNC(=NCCn1c(C)nc2ccccc21)NC1CCN(CC(F)(F)F)C1. The summed E-state index contributed by atoms with van der Waals surface area (Å²) in [6.45, 7) is 5.83. The molecular weight excluding hydrogens is 369 g/mol. The molecule has 28 heavy (non-hydrogen) atoms. The molecule has 0 aliphatic carbocycles. The molecule has 0 saturated carbocycles. The molecule has 0 spiro atoms. The predicted octanol–water partition coefficient (Wildman–Crippen LogP) is 2.54. The third-order valence-electron chi connectivity index (χ3n) is 4.80. The van der Waals surface area contributed by atoms with Gasteiger partial charge in [0.1, 0.15) is 5.82 Å². The van der Waals surface area contributed by atoms with Crippen molar-refractivity contribution in [2.45, 2.75) is 39.0 Å². The number of likely N-dealkylation sites (tertiary alicyclic amines) is 1. The standard InChI is InChI=1S/C19H27F3N6/c1-3-23-18(26-15-8-10-27(12-15)13-19(20,21)22)24-9-11-28-14(2)25-16-6-4-5-7-17(16)28/h4-7,15H,3,8-13H2,1-2H3,(H2,23,24,26). The first-order chi connectivity index (χ1) is 13.4. The first-order valence-electron chi connectivity index (χ1n) is 9.61. The Labute approximate surface area is 162 Å². The van der Waals surface area contributed by atoms with Crippen LogP contribution in [0.1, 0.15) is 19.2 Å². The molecular formula is C19H27F3N6. The number of aromatic nitrogens is 2. The Morgan fingerprint density at radius 3 is 2.86 bits per heavy atom. The molecule has 154 valence electrons. The summed E-state index contributed by atoms with van der Waals surface area (Å²) in [5.74, 6) is 1.58. The van der Waals surface area contributed by atoms with Gasteiger partial charge in [0.15, 0.2) is 5.96 Å². The fourth-order valence-corrected chi connectivity index (χ4v) is 3.60. The van der Waals surface area contributed by atoms with E-state index in [0.717, 1.165) is 16.9 Å². The van der Waals surface area contributed by atoms with Gasteiger partial charge in [0.25, 0.3) is 0 Å². The van der Waals surface area contributed by atoms with Crippen LogP contribution in [0.25, 0.3) is 11.0 Å². The number of aryl methyl sites for hydroxylation is 1. The van der Waals surface area contributed by atoms with Crippen molar-refractivity contribution in [1.82, 2.24) is 25.1 Å². The molecule has 1 aromatic carbocycles. The minimum absolute atomic E-state index is 0.0315. The summed E-state index contributed by atoms with van der Waals surface area (Å²) in [4.78, 5) is 10.6. The van der Waals surface area contributed by atoms with Crippen LogP contribution in [0.2, 0.25) is 0 Å². The van der Waals surface area contributed by atoms with Crippen LogP contribution in [0, 0.1) is 6.92 Å². The van der Waals surface area contributed by atoms with E-state index < -0.39 is 12.7 Å². The fraction of sp³-hybridized carbons (Fsp3) is 0.579. The van der Waals surface area contributed by atoms with Crippen LogP contribution in [-0.4, -0.2) is 65.4 Å². The zero-order valence-corrected chi connectivity index (χ0v) is 16.3. The zero-order chi connectivity index (χ0) is 20.1. The Kier molecular flexibility index (Phi) is 6.43. The van der Waals surface area contributed by atoms with E-state index in [1.807, 2.05) is 38.1 Å². The molecule has 1 unspecified atom stereocenters. The molecule has 0 amide bonds. The van der Waals surface area contributed by atoms with Gasteiger partial charge in [-0.05, 0) is 32.4 Å².